The van der Waals surface area contributed by atoms with Crippen LogP contribution < -0.4 is 9.46 Å². The van der Waals surface area contributed by atoms with Gasteiger partial charge in [0.1, 0.15) is 27.7 Å². The van der Waals surface area contributed by atoms with Gasteiger partial charge in [-0.25, -0.2) is 17.2 Å². The molecule has 0 saturated heterocycles. The first-order chi connectivity index (χ1) is 14.3. The van der Waals surface area contributed by atoms with Gasteiger partial charge in [0.25, 0.3) is 10.0 Å². The van der Waals surface area contributed by atoms with Crippen molar-refractivity contribution in [3.63, 3.8) is 0 Å². The molecule has 1 N–H and O–H groups in total. The normalized spacial score (nSPS) is 11.7. The van der Waals surface area contributed by atoms with E-state index in [0.717, 1.165) is 5.56 Å². The zero-order valence-corrected chi connectivity index (χ0v) is 16.8. The first-order valence-electron chi connectivity index (χ1n) is 8.39. The van der Waals surface area contributed by atoms with Crippen LogP contribution >= 0.6 is 11.6 Å². The molecule has 2 heterocycles. The Morgan fingerprint density at radius 2 is 2.03 bits per heavy atom. The Morgan fingerprint density at radius 3 is 2.73 bits per heavy atom. The van der Waals surface area contributed by atoms with Crippen molar-refractivity contribution >= 4 is 38.4 Å². The van der Waals surface area contributed by atoms with Gasteiger partial charge in [0, 0.05) is 12.4 Å². The van der Waals surface area contributed by atoms with Crippen molar-refractivity contribution in [2.75, 3.05) is 11.8 Å². The van der Waals surface area contributed by atoms with Crippen LogP contribution in [0.5, 0.6) is 5.75 Å². The summed E-state index contributed by atoms with van der Waals surface area (Å²) < 4.78 is 67.4. The minimum absolute atomic E-state index is 0.222. The molecule has 30 heavy (non-hydrogen) atoms. The van der Waals surface area contributed by atoms with Crippen molar-refractivity contribution in [1.29, 1.82) is 0 Å². The molecule has 4 aromatic rings. The largest absolute Gasteiger partial charge is 0.496 e. The average molecular weight is 455 g/mol. The quantitative estimate of drug-likeness (QED) is 0.445. The Kier molecular flexibility index (Phi) is 5.08. The molecule has 0 fully saturated rings. The second kappa shape index (κ2) is 7.58. The second-order valence-corrected chi connectivity index (χ2v) is 8.27. The molecule has 8 nitrogen and oxygen atoms in total. The number of anilines is 1. The van der Waals surface area contributed by atoms with Crippen LogP contribution in [0.4, 0.5) is 14.6 Å². The number of hydrogen-bond acceptors (Lipinski definition) is 6. The van der Waals surface area contributed by atoms with E-state index < -0.39 is 31.6 Å². The van der Waals surface area contributed by atoms with Crippen molar-refractivity contribution in [1.82, 2.24) is 14.9 Å². The number of benzene rings is 2. The number of nitrogens with one attached hydrogen (secondary N) is 1. The first kappa shape index (κ1) is 20.1. The lowest BCUT2D eigenvalue weighted by molar-refractivity contribution is 0.418. The van der Waals surface area contributed by atoms with Crippen LogP contribution in [0.15, 0.2) is 52.1 Å². The van der Waals surface area contributed by atoms with Gasteiger partial charge in [-0.2, -0.15) is 5.10 Å². The number of ether oxygens (including phenoxy) is 1. The fraction of sp³-hybridized carbons (Fsp3) is 0.111. The number of rotatable bonds is 6. The summed E-state index contributed by atoms with van der Waals surface area (Å²) in [5.74, 6) is -2.25. The summed E-state index contributed by atoms with van der Waals surface area (Å²) in [7, 11) is -3.14. The smallest absolute Gasteiger partial charge is 0.266 e. The predicted octanol–water partition coefficient (Wildman–Crippen LogP) is 3.81. The van der Waals surface area contributed by atoms with Crippen LogP contribution in [0.1, 0.15) is 5.56 Å². The number of fused-ring (bicyclic) bond motifs is 1. The molecule has 0 spiro atoms. The zero-order valence-electron chi connectivity index (χ0n) is 15.3. The molecule has 2 aromatic carbocycles. The van der Waals surface area contributed by atoms with E-state index in [-0.39, 0.29) is 22.5 Å². The average Bonchev–Trinajstić information content (AvgIpc) is 3.34. The molecule has 0 radical (unpaired) electrons. The zero-order chi connectivity index (χ0) is 21.5. The van der Waals surface area contributed by atoms with E-state index in [2.05, 4.69) is 15.0 Å². The van der Waals surface area contributed by atoms with E-state index in [1.807, 2.05) is 0 Å². The Bertz CT molecular complexity index is 1340. The number of hydrogen-bond donors (Lipinski definition) is 1. The van der Waals surface area contributed by atoms with Gasteiger partial charge < -0.3 is 9.26 Å². The SMILES string of the molecule is COc1cc(Cn2cccn2)cc2onc(NS(=O)(=O)c3cc(F)c(Cl)cc3F)c12. The lowest BCUT2D eigenvalue weighted by Crippen LogP contribution is -2.15. The molecule has 0 amide bonds. The fourth-order valence-corrected chi connectivity index (χ4v) is 4.11. The number of nitrogens with zero attached hydrogens (tertiary/aromatic N) is 3. The molecule has 0 aliphatic carbocycles. The van der Waals surface area contributed by atoms with Gasteiger partial charge in [-0.05, 0) is 35.9 Å². The van der Waals surface area contributed by atoms with E-state index in [9.17, 15) is 17.2 Å². The molecule has 0 atom stereocenters. The molecular weight excluding hydrogens is 442 g/mol. The summed E-state index contributed by atoms with van der Waals surface area (Å²) in [5.41, 5.74) is 0.997. The molecule has 4 rings (SSSR count). The summed E-state index contributed by atoms with van der Waals surface area (Å²) in [6.45, 7) is 0.413. The van der Waals surface area contributed by atoms with Gasteiger partial charge in [0.15, 0.2) is 11.4 Å². The van der Waals surface area contributed by atoms with E-state index >= 15 is 0 Å². The topological polar surface area (TPSA) is 99.2 Å². The van der Waals surface area contributed by atoms with Crippen molar-refractivity contribution in [3.05, 3.63) is 64.9 Å². The maximum absolute atomic E-state index is 14.1. The number of methoxy groups -OCH3 is 1. The summed E-state index contributed by atoms with van der Waals surface area (Å²) >= 11 is 5.48. The third-order valence-corrected chi connectivity index (χ3v) is 5.86. The molecule has 0 bridgehead atoms. The number of sulfonamides is 1. The highest BCUT2D eigenvalue weighted by Crippen LogP contribution is 2.35. The molecule has 2 aromatic heterocycles. The second-order valence-electron chi connectivity index (χ2n) is 6.21. The summed E-state index contributed by atoms with van der Waals surface area (Å²) in [6.07, 6.45) is 3.41. The number of halogens is 3. The fourth-order valence-electron chi connectivity index (χ4n) is 2.89. The molecule has 0 unspecified atom stereocenters. The Labute approximate surface area is 174 Å². The van der Waals surface area contributed by atoms with Crippen LogP contribution in [0.25, 0.3) is 11.0 Å². The lowest BCUT2D eigenvalue weighted by Gasteiger charge is -2.09. The molecule has 156 valence electrons. The van der Waals surface area contributed by atoms with Crippen LogP contribution in [0.3, 0.4) is 0 Å². The van der Waals surface area contributed by atoms with Gasteiger partial charge in [-0.15, -0.1) is 0 Å². The molecular formula is C18H13ClF2N4O4S. The van der Waals surface area contributed by atoms with Crippen molar-refractivity contribution in [2.24, 2.45) is 0 Å². The summed E-state index contributed by atoms with van der Waals surface area (Å²) in [6, 6.07) is 6.15. The highest BCUT2D eigenvalue weighted by molar-refractivity contribution is 7.92. The Hall–Kier alpha value is -3.18. The number of aromatic nitrogens is 3. The monoisotopic (exact) mass is 454 g/mol. The summed E-state index contributed by atoms with van der Waals surface area (Å²) in [5, 5.41) is 7.52. The highest BCUT2D eigenvalue weighted by Gasteiger charge is 2.25. The van der Waals surface area contributed by atoms with E-state index in [0.29, 0.717) is 18.7 Å². The third-order valence-electron chi connectivity index (χ3n) is 4.22. The van der Waals surface area contributed by atoms with Gasteiger partial charge in [-0.3, -0.25) is 9.40 Å². The minimum atomic E-state index is -4.54. The Balaban J connectivity index is 1.74. The van der Waals surface area contributed by atoms with Gasteiger partial charge in [0.2, 0.25) is 0 Å². The standard InChI is InChI=1S/C18H13ClF2N4O4S/c1-28-14-5-10(9-25-4-2-3-22-25)6-15-17(14)18(23-29-15)24-30(26,27)16-8-12(20)11(19)7-13(16)21/h2-8H,9H2,1H3,(H,23,24). The van der Waals surface area contributed by atoms with E-state index in [1.54, 1.807) is 35.3 Å². The van der Waals surface area contributed by atoms with Gasteiger partial charge in [0.05, 0.1) is 18.7 Å². The predicted molar refractivity (Wildman–Crippen MR) is 104 cm³/mol. The molecule has 0 saturated carbocycles. The van der Waals surface area contributed by atoms with E-state index in [1.165, 1.54) is 7.11 Å². The highest BCUT2D eigenvalue weighted by atomic mass is 35.5. The lowest BCUT2D eigenvalue weighted by atomic mass is 10.1. The van der Waals surface area contributed by atoms with Crippen LogP contribution in [-0.2, 0) is 16.6 Å². The Morgan fingerprint density at radius 1 is 1.23 bits per heavy atom. The van der Waals surface area contributed by atoms with Crippen molar-refractivity contribution < 1.29 is 26.5 Å². The maximum atomic E-state index is 14.1. The van der Waals surface area contributed by atoms with Crippen LogP contribution in [0.2, 0.25) is 5.02 Å². The molecule has 0 aliphatic rings. The third kappa shape index (κ3) is 3.68. The van der Waals surface area contributed by atoms with Crippen molar-refractivity contribution in [3.8, 4) is 5.75 Å². The van der Waals surface area contributed by atoms with Crippen molar-refractivity contribution in [2.45, 2.75) is 11.4 Å². The van der Waals surface area contributed by atoms with Crippen LogP contribution in [-0.4, -0.2) is 30.5 Å². The minimum Gasteiger partial charge on any atom is -0.496 e. The molecule has 12 heteroatoms. The van der Waals surface area contributed by atoms with E-state index in [4.69, 9.17) is 20.9 Å². The maximum Gasteiger partial charge on any atom is 0.266 e. The van der Waals surface area contributed by atoms with Crippen LogP contribution in [0, 0.1) is 11.6 Å². The van der Waals surface area contributed by atoms with Gasteiger partial charge >= 0.3 is 0 Å². The molecule has 0 aliphatic heterocycles. The summed E-state index contributed by atoms with van der Waals surface area (Å²) in [4.78, 5) is -0.921. The first-order valence-corrected chi connectivity index (χ1v) is 10.3. The van der Waals surface area contributed by atoms with Gasteiger partial charge in [-0.1, -0.05) is 16.8 Å².